The lowest BCUT2D eigenvalue weighted by Gasteiger charge is -2.28. The van der Waals surface area contributed by atoms with E-state index < -0.39 is 0 Å². The summed E-state index contributed by atoms with van der Waals surface area (Å²) in [6.45, 7) is 3.80. The molecule has 0 unspecified atom stereocenters. The molecule has 1 saturated heterocycles. The maximum absolute atomic E-state index is 9.71. The highest BCUT2D eigenvalue weighted by atomic mass is 16.5. The number of aliphatic hydroxyl groups is 1. The topological polar surface area (TPSA) is 110 Å². The highest BCUT2D eigenvalue weighted by molar-refractivity contribution is 5.73. The molecule has 1 aliphatic heterocycles. The van der Waals surface area contributed by atoms with E-state index >= 15 is 0 Å². The predicted octanol–water partition coefficient (Wildman–Crippen LogP) is 3.74. The number of methoxy groups -OCH3 is 2. The molecular formula is C31H33N7O4. The number of benzene rings is 2. The number of morpholine rings is 1. The number of ether oxygens (including phenoxy) is 3. The Hall–Kier alpha value is -4.74. The van der Waals surface area contributed by atoms with Gasteiger partial charge in [-0.25, -0.2) is 19.5 Å². The maximum Gasteiger partial charge on any atom is 0.225 e. The van der Waals surface area contributed by atoms with Crippen molar-refractivity contribution in [2.75, 3.05) is 50.3 Å². The third kappa shape index (κ3) is 5.97. The molecule has 1 aliphatic rings. The van der Waals surface area contributed by atoms with Crippen molar-refractivity contribution in [2.45, 2.75) is 19.7 Å². The predicted molar refractivity (Wildman–Crippen MR) is 159 cm³/mol. The van der Waals surface area contributed by atoms with Crippen molar-refractivity contribution in [3.05, 3.63) is 90.0 Å². The summed E-state index contributed by atoms with van der Waals surface area (Å²) in [5.41, 5.74) is 5.11. The highest BCUT2D eigenvalue weighted by Crippen LogP contribution is 2.27. The van der Waals surface area contributed by atoms with Crippen molar-refractivity contribution in [2.24, 2.45) is 0 Å². The summed E-state index contributed by atoms with van der Waals surface area (Å²) in [5, 5.41) is 14.2. The van der Waals surface area contributed by atoms with Crippen LogP contribution in [-0.2, 0) is 24.4 Å². The van der Waals surface area contributed by atoms with Gasteiger partial charge in [0.15, 0.2) is 5.82 Å². The fourth-order valence-electron chi connectivity index (χ4n) is 4.97. The number of hydrogen-bond acceptors (Lipinski definition) is 10. The Labute approximate surface area is 244 Å². The molecule has 0 bridgehead atoms. The van der Waals surface area contributed by atoms with Crippen LogP contribution in [0.1, 0.15) is 16.8 Å². The first kappa shape index (κ1) is 27.4. The van der Waals surface area contributed by atoms with E-state index in [1.165, 1.54) is 0 Å². The van der Waals surface area contributed by atoms with Crippen molar-refractivity contribution in [1.29, 1.82) is 0 Å². The van der Waals surface area contributed by atoms with Gasteiger partial charge in [-0.05, 0) is 41.5 Å². The number of hydrogen-bond donors (Lipinski definition) is 1. The standard InChI is InChI=1S/C31H33N7O4/c1-40-26-7-3-22(4-8-26)18-37(19-23-5-9-27(41-2)10-6-23)31-32-16-24(17-33-31)28-20-38-29(15-25(21-39)35-38)30(34-28)36-11-13-42-14-12-36/h3-10,15-17,20,39H,11-14,18-19,21H2,1-2H3. The second-order valence-corrected chi connectivity index (χ2v) is 10.00. The summed E-state index contributed by atoms with van der Waals surface area (Å²) in [6, 6.07) is 17.9. The van der Waals surface area contributed by atoms with Crippen molar-refractivity contribution in [1.82, 2.24) is 24.6 Å². The molecule has 5 aromatic rings. The molecule has 11 heteroatoms. The van der Waals surface area contributed by atoms with Crippen LogP contribution in [0.25, 0.3) is 16.8 Å². The molecule has 42 heavy (non-hydrogen) atoms. The molecule has 4 heterocycles. The molecule has 0 amide bonds. The number of anilines is 2. The third-order valence-electron chi connectivity index (χ3n) is 7.24. The number of nitrogens with zero attached hydrogens (tertiary/aromatic N) is 7. The second kappa shape index (κ2) is 12.4. The second-order valence-electron chi connectivity index (χ2n) is 10.00. The van der Waals surface area contributed by atoms with Crippen LogP contribution in [-0.4, -0.2) is 70.2 Å². The average molecular weight is 568 g/mol. The van der Waals surface area contributed by atoms with Crippen LogP contribution >= 0.6 is 0 Å². The Morgan fingerprint density at radius 1 is 0.881 bits per heavy atom. The third-order valence-corrected chi connectivity index (χ3v) is 7.24. The molecule has 11 nitrogen and oxygen atoms in total. The maximum atomic E-state index is 9.71. The Morgan fingerprint density at radius 2 is 1.48 bits per heavy atom. The van der Waals surface area contributed by atoms with Crippen LogP contribution in [0.5, 0.6) is 11.5 Å². The summed E-state index contributed by atoms with van der Waals surface area (Å²) in [7, 11) is 3.32. The molecule has 0 atom stereocenters. The van der Waals surface area contributed by atoms with E-state index in [-0.39, 0.29) is 6.61 Å². The van der Waals surface area contributed by atoms with E-state index in [9.17, 15) is 5.11 Å². The molecule has 216 valence electrons. The fraction of sp³-hybridized carbons (Fsp3) is 0.290. The first-order valence-electron chi connectivity index (χ1n) is 13.8. The molecule has 1 N–H and O–H groups in total. The minimum Gasteiger partial charge on any atom is -0.497 e. The van der Waals surface area contributed by atoms with E-state index in [1.54, 1.807) is 31.1 Å². The zero-order valence-electron chi connectivity index (χ0n) is 23.7. The van der Waals surface area contributed by atoms with E-state index in [0.717, 1.165) is 52.6 Å². The summed E-state index contributed by atoms with van der Waals surface area (Å²) >= 11 is 0. The van der Waals surface area contributed by atoms with Crippen molar-refractivity contribution in [3.63, 3.8) is 0 Å². The molecule has 0 aliphatic carbocycles. The minimum absolute atomic E-state index is 0.143. The lowest BCUT2D eigenvalue weighted by molar-refractivity contribution is 0.122. The van der Waals surface area contributed by atoms with Crippen LogP contribution < -0.4 is 19.3 Å². The summed E-state index contributed by atoms with van der Waals surface area (Å²) < 4.78 is 18.0. The van der Waals surface area contributed by atoms with Crippen molar-refractivity contribution < 1.29 is 19.3 Å². The van der Waals surface area contributed by atoms with Gasteiger partial charge in [-0.15, -0.1) is 0 Å². The van der Waals surface area contributed by atoms with Crippen molar-refractivity contribution >= 4 is 17.3 Å². The summed E-state index contributed by atoms with van der Waals surface area (Å²) in [4.78, 5) is 18.9. The van der Waals surface area contributed by atoms with Gasteiger partial charge in [0.2, 0.25) is 5.95 Å². The van der Waals surface area contributed by atoms with E-state index in [4.69, 9.17) is 29.2 Å². The number of rotatable bonds is 10. The monoisotopic (exact) mass is 567 g/mol. The fourth-order valence-corrected chi connectivity index (χ4v) is 4.97. The number of fused-ring (bicyclic) bond motifs is 1. The van der Waals surface area contributed by atoms with Gasteiger partial charge >= 0.3 is 0 Å². The number of aromatic nitrogens is 5. The van der Waals surface area contributed by atoms with Gasteiger partial charge in [0.1, 0.15) is 17.0 Å². The van der Waals surface area contributed by atoms with E-state index in [1.807, 2.05) is 60.8 Å². The molecule has 6 rings (SSSR count). The van der Waals surface area contributed by atoms with Crippen LogP contribution in [0.2, 0.25) is 0 Å². The van der Waals surface area contributed by atoms with E-state index in [2.05, 4.69) is 14.9 Å². The molecule has 0 saturated carbocycles. The lowest BCUT2D eigenvalue weighted by Crippen LogP contribution is -2.37. The Kier molecular flexibility index (Phi) is 8.11. The normalized spacial score (nSPS) is 13.4. The van der Waals surface area contributed by atoms with Crippen LogP contribution in [0, 0.1) is 0 Å². The average Bonchev–Trinajstić information content (AvgIpc) is 3.49. The Bertz CT molecular complexity index is 1570. The molecule has 1 fully saturated rings. The Balaban J connectivity index is 1.32. The molecule has 2 aromatic carbocycles. The van der Waals surface area contributed by atoms with E-state index in [0.29, 0.717) is 43.6 Å². The lowest BCUT2D eigenvalue weighted by atomic mass is 10.1. The zero-order valence-corrected chi connectivity index (χ0v) is 23.7. The smallest absolute Gasteiger partial charge is 0.225 e. The van der Waals surface area contributed by atoms with Gasteiger partial charge in [0.05, 0.1) is 51.6 Å². The Morgan fingerprint density at radius 3 is 2.02 bits per heavy atom. The first-order chi connectivity index (χ1) is 20.6. The number of aliphatic hydroxyl groups excluding tert-OH is 1. The van der Waals surface area contributed by atoms with Crippen LogP contribution in [0.4, 0.5) is 11.8 Å². The highest BCUT2D eigenvalue weighted by Gasteiger charge is 2.20. The molecule has 3 aromatic heterocycles. The van der Waals surface area contributed by atoms with Crippen LogP contribution in [0.15, 0.2) is 73.2 Å². The van der Waals surface area contributed by atoms with Gasteiger partial charge in [-0.2, -0.15) is 5.10 Å². The molecule has 0 spiro atoms. The summed E-state index contributed by atoms with van der Waals surface area (Å²) in [6.07, 6.45) is 5.44. The first-order valence-corrected chi connectivity index (χ1v) is 13.8. The van der Waals surface area contributed by atoms with Crippen molar-refractivity contribution in [3.8, 4) is 22.8 Å². The van der Waals surface area contributed by atoms with Gasteiger partial charge in [0.25, 0.3) is 0 Å². The SMILES string of the molecule is COc1ccc(CN(Cc2ccc(OC)cc2)c2ncc(-c3cn4nc(CO)cc4c(N4CCOCC4)n3)cn2)cc1. The van der Waals surface area contributed by atoms with Gasteiger partial charge in [-0.1, -0.05) is 24.3 Å². The minimum atomic E-state index is -0.143. The quantitative estimate of drug-likeness (QED) is 0.268. The molecular weight excluding hydrogens is 534 g/mol. The van der Waals surface area contributed by atoms with Gasteiger partial charge < -0.3 is 29.1 Å². The summed E-state index contributed by atoms with van der Waals surface area (Å²) in [5.74, 6) is 3.02. The largest absolute Gasteiger partial charge is 0.497 e. The van der Waals surface area contributed by atoms with Gasteiger partial charge in [-0.3, -0.25) is 0 Å². The van der Waals surface area contributed by atoms with Crippen LogP contribution in [0.3, 0.4) is 0 Å². The molecule has 0 radical (unpaired) electrons. The zero-order chi connectivity index (χ0) is 28.9. The van der Waals surface area contributed by atoms with Gasteiger partial charge in [0, 0.05) is 44.1 Å².